The average molecular weight is 181 g/mol. The number of aromatic nitrogens is 1. The molecule has 54 valence electrons. The van der Waals surface area contributed by atoms with E-state index in [1.165, 1.54) is 0 Å². The van der Waals surface area contributed by atoms with Crippen LogP contribution in [0, 0.1) is 10.1 Å². The van der Waals surface area contributed by atoms with E-state index < -0.39 is 4.92 Å². The molecule has 0 unspecified atom stereocenters. The molecule has 0 aliphatic heterocycles. The molecule has 0 atom stereocenters. The molecule has 0 aliphatic carbocycles. The maximum Gasteiger partial charge on any atom is 0.306 e. The van der Waals surface area contributed by atoms with Gasteiger partial charge in [-0.05, 0) is 0 Å². The molecule has 0 saturated carbocycles. The molecule has 0 aliphatic rings. The van der Waals surface area contributed by atoms with Crippen molar-refractivity contribution >= 4 is 28.9 Å². The second-order valence-corrected chi connectivity index (χ2v) is 2.31. The number of nitrogens with one attached hydrogen (secondary N) is 1. The van der Waals surface area contributed by atoms with Gasteiger partial charge in [0.15, 0.2) is 5.02 Å². The lowest BCUT2D eigenvalue weighted by molar-refractivity contribution is -0.384. The first-order valence-electron chi connectivity index (χ1n) is 2.29. The van der Waals surface area contributed by atoms with Crippen LogP contribution in [0.15, 0.2) is 6.20 Å². The second kappa shape index (κ2) is 2.48. The molecular weight excluding hydrogens is 179 g/mol. The molecule has 1 rings (SSSR count). The van der Waals surface area contributed by atoms with Crippen LogP contribution in [-0.2, 0) is 0 Å². The lowest BCUT2D eigenvalue weighted by Gasteiger charge is -1.83. The van der Waals surface area contributed by atoms with Gasteiger partial charge in [0.25, 0.3) is 0 Å². The molecule has 1 N–H and O–H groups in total. The quantitative estimate of drug-likeness (QED) is 0.533. The summed E-state index contributed by atoms with van der Waals surface area (Å²) in [5.41, 5.74) is -0.202. The van der Waals surface area contributed by atoms with Crippen LogP contribution in [0.5, 0.6) is 0 Å². The summed E-state index contributed by atoms with van der Waals surface area (Å²) in [4.78, 5) is 11.9. The fraction of sp³-hybridized carbons (Fsp3) is 0. The molecule has 6 heteroatoms. The number of halogens is 2. The van der Waals surface area contributed by atoms with Gasteiger partial charge < -0.3 is 4.98 Å². The lowest BCUT2D eigenvalue weighted by atomic mass is 10.5. The van der Waals surface area contributed by atoms with Crippen molar-refractivity contribution in [2.75, 3.05) is 0 Å². The van der Waals surface area contributed by atoms with E-state index in [4.69, 9.17) is 23.2 Å². The highest BCUT2D eigenvalue weighted by atomic mass is 35.5. The Labute approximate surface area is 65.9 Å². The van der Waals surface area contributed by atoms with Gasteiger partial charge in [0.2, 0.25) is 0 Å². The fourth-order valence-corrected chi connectivity index (χ4v) is 0.833. The summed E-state index contributed by atoms with van der Waals surface area (Å²) in [7, 11) is 0. The molecule has 0 fully saturated rings. The van der Waals surface area contributed by atoms with E-state index >= 15 is 0 Å². The molecule has 10 heavy (non-hydrogen) atoms. The molecule has 0 saturated heterocycles. The maximum absolute atomic E-state index is 10.1. The predicted octanol–water partition coefficient (Wildman–Crippen LogP) is 2.23. The summed E-state index contributed by atoms with van der Waals surface area (Å²) in [6, 6.07) is 0. The normalized spacial score (nSPS) is 9.80. The highest BCUT2D eigenvalue weighted by Crippen LogP contribution is 2.30. The molecule has 4 nitrogen and oxygen atoms in total. The topological polar surface area (TPSA) is 58.9 Å². The Morgan fingerprint density at radius 2 is 2.20 bits per heavy atom. The summed E-state index contributed by atoms with van der Waals surface area (Å²) in [5.74, 6) is 0. The first kappa shape index (κ1) is 7.37. The third kappa shape index (κ3) is 1.08. The van der Waals surface area contributed by atoms with E-state index in [0.717, 1.165) is 6.20 Å². The van der Waals surface area contributed by atoms with E-state index in [0.29, 0.717) is 0 Å². The van der Waals surface area contributed by atoms with Crippen molar-refractivity contribution in [1.29, 1.82) is 0 Å². The third-order valence-electron chi connectivity index (χ3n) is 0.950. The molecule has 0 aromatic carbocycles. The molecule has 0 spiro atoms. The van der Waals surface area contributed by atoms with Gasteiger partial charge >= 0.3 is 5.69 Å². The minimum absolute atomic E-state index is 0.0494. The van der Waals surface area contributed by atoms with Crippen LogP contribution < -0.4 is 0 Å². The zero-order valence-electron chi connectivity index (χ0n) is 4.60. The number of hydrogen-bond donors (Lipinski definition) is 1. The molecule has 1 aromatic rings. The Morgan fingerprint density at radius 3 is 2.40 bits per heavy atom. The molecule has 0 amide bonds. The van der Waals surface area contributed by atoms with Crippen molar-refractivity contribution in [2.45, 2.75) is 0 Å². The van der Waals surface area contributed by atoms with Crippen molar-refractivity contribution in [3.8, 4) is 0 Å². The monoisotopic (exact) mass is 180 g/mol. The van der Waals surface area contributed by atoms with Crippen LogP contribution >= 0.6 is 23.2 Å². The van der Waals surface area contributed by atoms with Crippen LogP contribution in [0.2, 0.25) is 10.2 Å². The molecule has 1 aromatic heterocycles. The van der Waals surface area contributed by atoms with Gasteiger partial charge in [-0.1, -0.05) is 23.2 Å². The van der Waals surface area contributed by atoms with Crippen LogP contribution in [0.3, 0.4) is 0 Å². The first-order chi connectivity index (χ1) is 4.63. The Bertz CT molecular complexity index is 270. The van der Waals surface area contributed by atoms with Crippen LogP contribution in [0.4, 0.5) is 5.69 Å². The van der Waals surface area contributed by atoms with E-state index in [1.807, 2.05) is 0 Å². The summed E-state index contributed by atoms with van der Waals surface area (Å²) in [6.07, 6.45) is 1.14. The van der Waals surface area contributed by atoms with Gasteiger partial charge in [-0.3, -0.25) is 10.1 Å². The summed E-state index contributed by atoms with van der Waals surface area (Å²) in [6.45, 7) is 0. The number of aromatic amines is 1. The molecule has 0 radical (unpaired) electrons. The standard InChI is InChI=1S/C4H2Cl2N2O2/c5-3-2(8(9)10)1-7-4(3)6/h1,7H. The number of rotatable bonds is 1. The summed E-state index contributed by atoms with van der Waals surface area (Å²) < 4.78 is 0. The number of H-pyrrole nitrogens is 1. The van der Waals surface area contributed by atoms with Crippen molar-refractivity contribution in [3.05, 3.63) is 26.5 Å². The maximum atomic E-state index is 10.1. The van der Waals surface area contributed by atoms with E-state index in [1.54, 1.807) is 0 Å². The molecular formula is C4H2Cl2N2O2. The van der Waals surface area contributed by atoms with Gasteiger partial charge in [-0.2, -0.15) is 0 Å². The Hall–Kier alpha value is -0.740. The van der Waals surface area contributed by atoms with E-state index in [2.05, 4.69) is 4.98 Å². The minimum atomic E-state index is -0.606. The third-order valence-corrected chi connectivity index (χ3v) is 1.73. The highest BCUT2D eigenvalue weighted by molar-refractivity contribution is 6.42. The molecule has 1 heterocycles. The predicted molar refractivity (Wildman–Crippen MR) is 37.5 cm³/mol. The Kier molecular flexibility index (Phi) is 1.82. The smallest absolute Gasteiger partial charge is 0.306 e. The van der Waals surface area contributed by atoms with Crippen LogP contribution in [-0.4, -0.2) is 9.91 Å². The summed E-state index contributed by atoms with van der Waals surface area (Å²) in [5, 5.41) is 10.1. The fourth-order valence-electron chi connectivity index (χ4n) is 0.504. The van der Waals surface area contributed by atoms with Crippen LogP contribution in [0.1, 0.15) is 0 Å². The van der Waals surface area contributed by atoms with E-state index in [-0.39, 0.29) is 15.9 Å². The minimum Gasteiger partial charge on any atom is -0.345 e. The highest BCUT2D eigenvalue weighted by Gasteiger charge is 2.16. The van der Waals surface area contributed by atoms with Crippen molar-refractivity contribution < 1.29 is 4.92 Å². The number of hydrogen-bond acceptors (Lipinski definition) is 2. The van der Waals surface area contributed by atoms with Gasteiger partial charge in [-0.15, -0.1) is 0 Å². The second-order valence-electron chi connectivity index (χ2n) is 1.56. The Balaban J connectivity index is 3.17. The SMILES string of the molecule is O=[N+]([O-])c1c[nH]c(Cl)c1Cl. The van der Waals surface area contributed by atoms with E-state index in [9.17, 15) is 10.1 Å². The zero-order chi connectivity index (χ0) is 7.72. The number of nitrogens with zero attached hydrogens (tertiary/aromatic N) is 1. The zero-order valence-corrected chi connectivity index (χ0v) is 6.11. The van der Waals surface area contributed by atoms with Crippen LogP contribution in [0.25, 0.3) is 0 Å². The van der Waals surface area contributed by atoms with Gasteiger partial charge in [-0.25, -0.2) is 0 Å². The van der Waals surface area contributed by atoms with Gasteiger partial charge in [0.1, 0.15) is 5.15 Å². The van der Waals surface area contributed by atoms with Gasteiger partial charge in [0.05, 0.1) is 11.1 Å². The number of nitro groups is 1. The Morgan fingerprint density at radius 1 is 1.60 bits per heavy atom. The average Bonchev–Trinajstić information content (AvgIpc) is 2.14. The van der Waals surface area contributed by atoms with Crippen molar-refractivity contribution in [3.63, 3.8) is 0 Å². The van der Waals surface area contributed by atoms with Gasteiger partial charge in [0, 0.05) is 0 Å². The molecule has 0 bridgehead atoms. The first-order valence-corrected chi connectivity index (χ1v) is 3.05. The summed E-state index contributed by atoms with van der Waals surface area (Å²) >= 11 is 10.8. The van der Waals surface area contributed by atoms with Crippen molar-refractivity contribution in [2.24, 2.45) is 0 Å². The largest absolute Gasteiger partial charge is 0.345 e. The van der Waals surface area contributed by atoms with Crippen molar-refractivity contribution in [1.82, 2.24) is 4.98 Å². The lowest BCUT2D eigenvalue weighted by Crippen LogP contribution is -1.84.